The standard InChI is InChI=1S/C29H30ClN3O6S/c1-4-31(5-2)16-17-32-23-8-6-7-9-25(23)40-27(19-10-13-21(38-3)14-11-19)26(28(32)34)39-29(35)22-15-12-20(30)18-24(22)33(36)37/h6-15,18,26-27H,4-5,16-17H2,1-3H3/t26-,27+/m0/s1. The Morgan fingerprint density at radius 3 is 2.45 bits per heavy atom. The van der Waals surface area contributed by atoms with E-state index in [0.717, 1.165) is 35.3 Å². The Labute approximate surface area is 242 Å². The van der Waals surface area contributed by atoms with Crippen molar-refractivity contribution in [1.29, 1.82) is 0 Å². The molecule has 11 heteroatoms. The summed E-state index contributed by atoms with van der Waals surface area (Å²) in [5, 5.41) is 11.2. The Morgan fingerprint density at radius 2 is 1.80 bits per heavy atom. The number of halogens is 1. The van der Waals surface area contributed by atoms with Gasteiger partial charge in [0, 0.05) is 29.1 Å². The molecule has 1 aliphatic rings. The van der Waals surface area contributed by atoms with Gasteiger partial charge in [0.15, 0.2) is 6.10 Å². The maximum Gasteiger partial charge on any atom is 0.346 e. The minimum absolute atomic E-state index is 0.110. The number of fused-ring (bicyclic) bond motifs is 1. The van der Waals surface area contributed by atoms with Crippen molar-refractivity contribution in [1.82, 2.24) is 4.90 Å². The SMILES string of the molecule is CCN(CC)CCN1C(=O)[C@@H](OC(=O)c2ccc(Cl)cc2[N+](=O)[O-])[C@@H](c2ccc(OC)cc2)Sc2ccccc21. The molecule has 0 radical (unpaired) electrons. The highest BCUT2D eigenvalue weighted by Gasteiger charge is 2.42. The number of likely N-dealkylation sites (N-methyl/N-ethyl adjacent to an activating group) is 1. The predicted octanol–water partition coefficient (Wildman–Crippen LogP) is 6.00. The summed E-state index contributed by atoms with van der Waals surface area (Å²) in [6.45, 7) is 6.75. The van der Waals surface area contributed by atoms with Crippen LogP contribution in [0.3, 0.4) is 0 Å². The minimum atomic E-state index is -1.27. The lowest BCUT2D eigenvalue weighted by Crippen LogP contribution is -2.46. The summed E-state index contributed by atoms with van der Waals surface area (Å²) >= 11 is 7.36. The van der Waals surface area contributed by atoms with E-state index in [9.17, 15) is 19.7 Å². The van der Waals surface area contributed by atoms with E-state index in [1.807, 2.05) is 36.4 Å². The average molecular weight is 584 g/mol. The lowest BCUT2D eigenvalue weighted by Gasteiger charge is -2.29. The first kappa shape index (κ1) is 29.4. The van der Waals surface area contributed by atoms with Crippen molar-refractivity contribution in [2.45, 2.75) is 30.1 Å². The highest BCUT2D eigenvalue weighted by molar-refractivity contribution is 7.99. The summed E-state index contributed by atoms with van der Waals surface area (Å²) in [5.41, 5.74) is 0.688. The van der Waals surface area contributed by atoms with Gasteiger partial charge < -0.3 is 19.3 Å². The van der Waals surface area contributed by atoms with Gasteiger partial charge in [-0.15, -0.1) is 11.8 Å². The van der Waals surface area contributed by atoms with Crippen molar-refractivity contribution in [2.75, 3.05) is 38.2 Å². The Balaban J connectivity index is 1.79. The van der Waals surface area contributed by atoms with Crippen LogP contribution in [0.1, 0.15) is 35.0 Å². The van der Waals surface area contributed by atoms with Crippen molar-refractivity contribution in [3.63, 3.8) is 0 Å². The molecule has 3 aromatic rings. The number of carbonyl (C=O) groups excluding carboxylic acids is 2. The van der Waals surface area contributed by atoms with Crippen LogP contribution >= 0.6 is 23.4 Å². The molecule has 0 bridgehead atoms. The second-order valence-corrected chi connectivity index (χ2v) is 10.7. The molecule has 0 spiro atoms. The number of para-hydroxylation sites is 1. The molecular weight excluding hydrogens is 554 g/mol. The third kappa shape index (κ3) is 6.41. The van der Waals surface area contributed by atoms with Crippen LogP contribution < -0.4 is 9.64 Å². The number of rotatable bonds is 10. The number of hydrogen-bond acceptors (Lipinski definition) is 8. The van der Waals surface area contributed by atoms with Crippen molar-refractivity contribution < 1.29 is 24.0 Å². The number of anilines is 1. The second kappa shape index (κ2) is 13.2. The molecule has 0 aliphatic carbocycles. The van der Waals surface area contributed by atoms with Gasteiger partial charge in [0.1, 0.15) is 11.3 Å². The number of nitro benzene ring substituents is 1. The number of hydrogen-bond donors (Lipinski definition) is 0. The lowest BCUT2D eigenvalue weighted by molar-refractivity contribution is -0.385. The number of amides is 1. The van der Waals surface area contributed by atoms with Gasteiger partial charge >= 0.3 is 5.97 Å². The van der Waals surface area contributed by atoms with E-state index in [1.165, 1.54) is 23.9 Å². The van der Waals surface area contributed by atoms with Crippen LogP contribution in [0.4, 0.5) is 11.4 Å². The summed E-state index contributed by atoms with van der Waals surface area (Å²) in [4.78, 5) is 43.4. The molecule has 9 nitrogen and oxygen atoms in total. The summed E-state index contributed by atoms with van der Waals surface area (Å²) in [6, 6.07) is 18.5. The molecule has 0 saturated heterocycles. The first-order chi connectivity index (χ1) is 19.3. The van der Waals surface area contributed by atoms with E-state index < -0.39 is 33.8 Å². The molecule has 1 amide bonds. The van der Waals surface area contributed by atoms with Crippen LogP contribution in [0.5, 0.6) is 5.75 Å². The number of nitro groups is 1. The highest BCUT2D eigenvalue weighted by atomic mass is 35.5. The molecule has 40 heavy (non-hydrogen) atoms. The molecule has 0 fully saturated rings. The van der Waals surface area contributed by atoms with E-state index in [2.05, 4.69) is 18.7 Å². The van der Waals surface area contributed by atoms with Gasteiger partial charge in [-0.2, -0.15) is 0 Å². The summed E-state index contributed by atoms with van der Waals surface area (Å²) in [7, 11) is 1.56. The number of nitrogens with zero attached hydrogens (tertiary/aromatic N) is 3. The first-order valence-electron chi connectivity index (χ1n) is 12.9. The Kier molecular flexibility index (Phi) is 9.67. The Bertz CT molecular complexity index is 1380. The van der Waals surface area contributed by atoms with Crippen LogP contribution in [0.25, 0.3) is 0 Å². The maximum absolute atomic E-state index is 14.3. The maximum atomic E-state index is 14.3. The molecule has 0 unspecified atom stereocenters. The van der Waals surface area contributed by atoms with Gasteiger partial charge in [0.2, 0.25) is 0 Å². The number of methoxy groups -OCH3 is 1. The van der Waals surface area contributed by atoms with Crippen molar-refractivity contribution >= 4 is 46.6 Å². The van der Waals surface area contributed by atoms with Crippen LogP contribution in [-0.2, 0) is 9.53 Å². The molecule has 1 heterocycles. The van der Waals surface area contributed by atoms with Gasteiger partial charge in [-0.1, -0.05) is 49.7 Å². The number of benzene rings is 3. The van der Waals surface area contributed by atoms with E-state index in [1.54, 1.807) is 24.1 Å². The van der Waals surface area contributed by atoms with E-state index in [0.29, 0.717) is 18.8 Å². The second-order valence-electron chi connectivity index (χ2n) is 9.04. The van der Waals surface area contributed by atoms with E-state index in [4.69, 9.17) is 21.1 Å². The van der Waals surface area contributed by atoms with Gasteiger partial charge in [-0.3, -0.25) is 14.9 Å². The third-order valence-electron chi connectivity index (χ3n) is 6.78. The normalized spacial score (nSPS) is 16.8. The molecule has 4 rings (SSSR count). The summed E-state index contributed by atoms with van der Waals surface area (Å²) < 4.78 is 11.2. The van der Waals surface area contributed by atoms with E-state index in [-0.39, 0.29) is 10.6 Å². The van der Waals surface area contributed by atoms with Gasteiger partial charge in [0.05, 0.1) is 23.0 Å². The van der Waals surface area contributed by atoms with Gasteiger partial charge in [-0.25, -0.2) is 4.79 Å². The zero-order valence-electron chi connectivity index (χ0n) is 22.4. The zero-order chi connectivity index (χ0) is 28.8. The summed E-state index contributed by atoms with van der Waals surface area (Å²) in [6.07, 6.45) is -1.27. The molecule has 0 N–H and O–H groups in total. The minimum Gasteiger partial charge on any atom is -0.497 e. The van der Waals surface area contributed by atoms with Crippen molar-refractivity contribution in [3.8, 4) is 5.75 Å². The largest absolute Gasteiger partial charge is 0.497 e. The molecular formula is C29H30ClN3O6S. The fourth-order valence-corrected chi connectivity index (χ4v) is 6.03. The summed E-state index contributed by atoms with van der Waals surface area (Å²) in [5.74, 6) is -0.744. The number of esters is 1. The topological polar surface area (TPSA) is 102 Å². The molecule has 2 atom stereocenters. The fourth-order valence-electron chi connectivity index (χ4n) is 4.55. The van der Waals surface area contributed by atoms with Crippen LogP contribution in [0, 0.1) is 10.1 Å². The monoisotopic (exact) mass is 583 g/mol. The van der Waals surface area contributed by atoms with Gasteiger partial charge in [-0.05, 0) is 55.1 Å². The van der Waals surface area contributed by atoms with Crippen LogP contribution in [-0.4, -0.2) is 61.1 Å². The molecule has 3 aromatic carbocycles. The van der Waals surface area contributed by atoms with Gasteiger partial charge in [0.25, 0.3) is 11.6 Å². The number of ether oxygens (including phenoxy) is 2. The molecule has 1 aliphatic heterocycles. The predicted molar refractivity (Wildman–Crippen MR) is 155 cm³/mol. The number of carbonyl (C=O) groups is 2. The molecule has 210 valence electrons. The fraction of sp³-hybridized carbons (Fsp3) is 0.310. The van der Waals surface area contributed by atoms with Crippen LogP contribution in [0.2, 0.25) is 5.02 Å². The average Bonchev–Trinajstić information content (AvgIpc) is 3.08. The quantitative estimate of drug-likeness (QED) is 0.163. The Morgan fingerprint density at radius 1 is 1.10 bits per heavy atom. The van der Waals surface area contributed by atoms with E-state index >= 15 is 0 Å². The highest BCUT2D eigenvalue weighted by Crippen LogP contribution is 2.47. The Hall–Kier alpha value is -3.60. The number of thioether (sulfide) groups is 1. The first-order valence-corrected chi connectivity index (χ1v) is 14.1. The molecule has 0 saturated carbocycles. The zero-order valence-corrected chi connectivity index (χ0v) is 24.0. The molecule has 0 aromatic heterocycles. The third-order valence-corrected chi connectivity index (χ3v) is 8.39. The van der Waals surface area contributed by atoms with Crippen molar-refractivity contribution in [3.05, 3.63) is 93.0 Å². The smallest absolute Gasteiger partial charge is 0.346 e. The van der Waals surface area contributed by atoms with Crippen LogP contribution in [0.15, 0.2) is 71.6 Å². The lowest BCUT2D eigenvalue weighted by atomic mass is 10.0. The van der Waals surface area contributed by atoms with Crippen molar-refractivity contribution in [2.24, 2.45) is 0 Å².